The molecule has 2 amide bonds. The number of aromatic nitrogens is 3. The summed E-state index contributed by atoms with van der Waals surface area (Å²) in [5, 5.41) is 15.0. The van der Waals surface area contributed by atoms with Crippen molar-refractivity contribution < 1.29 is 33.3 Å². The summed E-state index contributed by atoms with van der Waals surface area (Å²) in [6, 6.07) is 17.8. The molecular formula is C33H39N5O7S. The lowest BCUT2D eigenvalue weighted by molar-refractivity contribution is -0.113. The zero-order valence-corrected chi connectivity index (χ0v) is 27.4. The van der Waals surface area contributed by atoms with Gasteiger partial charge in [0.15, 0.2) is 22.5 Å². The number of amides is 2. The van der Waals surface area contributed by atoms with Crippen molar-refractivity contribution in [3.05, 3.63) is 72.1 Å². The molecule has 1 heterocycles. The average Bonchev–Trinajstić information content (AvgIpc) is 3.47. The number of rotatable bonds is 17. The molecule has 1 aromatic heterocycles. The highest BCUT2D eigenvalue weighted by Crippen LogP contribution is 2.39. The minimum Gasteiger partial charge on any atom is -0.495 e. The molecule has 0 fully saturated rings. The van der Waals surface area contributed by atoms with Crippen molar-refractivity contribution in [1.82, 2.24) is 20.1 Å². The third-order valence-corrected chi connectivity index (χ3v) is 7.32. The Morgan fingerprint density at radius 3 is 2.09 bits per heavy atom. The molecule has 46 heavy (non-hydrogen) atoms. The van der Waals surface area contributed by atoms with Crippen LogP contribution in [-0.2, 0) is 11.3 Å². The van der Waals surface area contributed by atoms with Crippen LogP contribution < -0.4 is 34.3 Å². The van der Waals surface area contributed by atoms with Gasteiger partial charge in [0.1, 0.15) is 11.5 Å². The number of methoxy groups -OCH3 is 1. The highest BCUT2D eigenvalue weighted by atomic mass is 32.2. The zero-order valence-electron chi connectivity index (χ0n) is 26.6. The third-order valence-electron chi connectivity index (χ3n) is 6.39. The molecule has 0 aliphatic carbocycles. The third kappa shape index (κ3) is 8.62. The minimum absolute atomic E-state index is 0.0317. The average molecular weight is 650 g/mol. The van der Waals surface area contributed by atoms with E-state index >= 15 is 0 Å². The minimum atomic E-state index is -0.372. The van der Waals surface area contributed by atoms with Crippen LogP contribution in [0.4, 0.5) is 5.69 Å². The van der Waals surface area contributed by atoms with Gasteiger partial charge in [-0.25, -0.2) is 0 Å². The van der Waals surface area contributed by atoms with Crippen LogP contribution in [0, 0.1) is 0 Å². The molecule has 0 radical (unpaired) electrons. The fourth-order valence-corrected chi connectivity index (χ4v) is 5.24. The summed E-state index contributed by atoms with van der Waals surface area (Å²) in [5.41, 5.74) is 1.64. The van der Waals surface area contributed by atoms with E-state index in [1.54, 1.807) is 48.1 Å². The largest absolute Gasteiger partial charge is 0.495 e. The van der Waals surface area contributed by atoms with E-state index in [0.717, 1.165) is 5.75 Å². The lowest BCUT2D eigenvalue weighted by Gasteiger charge is -2.17. The highest BCUT2D eigenvalue weighted by molar-refractivity contribution is 7.99. The molecule has 13 heteroatoms. The molecule has 3 aromatic carbocycles. The number of hydrogen-bond acceptors (Lipinski definition) is 10. The Morgan fingerprint density at radius 2 is 1.46 bits per heavy atom. The van der Waals surface area contributed by atoms with Crippen LogP contribution in [0.1, 0.15) is 43.9 Å². The van der Waals surface area contributed by atoms with E-state index in [9.17, 15) is 9.59 Å². The van der Waals surface area contributed by atoms with E-state index in [2.05, 4.69) is 20.8 Å². The number of carbonyl (C=O) groups is 2. The first kappa shape index (κ1) is 34.0. The molecule has 0 saturated carbocycles. The normalized spacial score (nSPS) is 10.6. The molecular weight excluding hydrogens is 610 g/mol. The predicted octanol–water partition coefficient (Wildman–Crippen LogP) is 5.53. The van der Waals surface area contributed by atoms with Gasteiger partial charge in [0, 0.05) is 11.3 Å². The first-order valence-electron chi connectivity index (χ1n) is 15.0. The Labute approximate surface area is 272 Å². The second kappa shape index (κ2) is 17.0. The number of ether oxygens (including phenoxy) is 5. The van der Waals surface area contributed by atoms with Crippen molar-refractivity contribution >= 4 is 29.3 Å². The van der Waals surface area contributed by atoms with Crippen LogP contribution >= 0.6 is 11.8 Å². The molecule has 0 unspecified atom stereocenters. The van der Waals surface area contributed by atoms with Gasteiger partial charge in [0.2, 0.25) is 11.7 Å². The summed E-state index contributed by atoms with van der Waals surface area (Å²) in [6.07, 6.45) is 0. The molecule has 0 saturated heterocycles. The lowest BCUT2D eigenvalue weighted by atomic mass is 10.1. The van der Waals surface area contributed by atoms with Crippen molar-refractivity contribution in [2.45, 2.75) is 39.4 Å². The summed E-state index contributed by atoms with van der Waals surface area (Å²) >= 11 is 1.21. The summed E-state index contributed by atoms with van der Waals surface area (Å²) in [5.74, 6) is 2.50. The molecule has 0 spiro atoms. The second-order valence-corrected chi connectivity index (χ2v) is 10.4. The number of nitrogens with zero attached hydrogens (tertiary/aromatic N) is 3. The van der Waals surface area contributed by atoms with E-state index in [1.165, 1.54) is 11.8 Å². The van der Waals surface area contributed by atoms with Gasteiger partial charge in [0.05, 0.1) is 51.5 Å². The molecule has 244 valence electrons. The maximum Gasteiger partial charge on any atom is 0.251 e. The molecule has 0 atom stereocenters. The van der Waals surface area contributed by atoms with Gasteiger partial charge in [0.25, 0.3) is 5.91 Å². The molecule has 2 N–H and O–H groups in total. The first-order chi connectivity index (χ1) is 22.4. The van der Waals surface area contributed by atoms with Crippen molar-refractivity contribution in [2.75, 3.05) is 44.6 Å². The zero-order chi connectivity index (χ0) is 32.9. The number of hydrogen-bond donors (Lipinski definition) is 2. The van der Waals surface area contributed by atoms with Gasteiger partial charge >= 0.3 is 0 Å². The van der Waals surface area contributed by atoms with Crippen molar-refractivity contribution in [3.63, 3.8) is 0 Å². The van der Waals surface area contributed by atoms with Crippen molar-refractivity contribution in [1.29, 1.82) is 0 Å². The molecule has 0 aliphatic heterocycles. The molecule has 4 aromatic rings. The Balaban J connectivity index is 1.55. The maximum absolute atomic E-state index is 13.4. The van der Waals surface area contributed by atoms with E-state index in [-0.39, 0.29) is 24.1 Å². The number of nitrogens with one attached hydrogen (secondary N) is 2. The van der Waals surface area contributed by atoms with Crippen LogP contribution in [0.2, 0.25) is 0 Å². The van der Waals surface area contributed by atoms with Crippen LogP contribution in [0.25, 0.3) is 5.69 Å². The Kier molecular flexibility index (Phi) is 12.5. The standard InChI is InChI=1S/C33H39N5O7S/c1-6-42-24-16-14-23(15-17-24)35-30(39)21-46-33-37-36-29(38(33)25-12-10-11-13-26(25)41-5)20-34-32(40)22-18-27(43-7-2)31(45-9-4)28(19-22)44-8-3/h10-19H,6-9,20-21H2,1-5H3,(H,34,40)(H,35,39). The van der Waals surface area contributed by atoms with Crippen molar-refractivity contribution in [2.24, 2.45) is 0 Å². The van der Waals surface area contributed by atoms with Gasteiger partial charge in [-0.1, -0.05) is 23.9 Å². The summed E-state index contributed by atoms with van der Waals surface area (Å²) in [6.45, 7) is 9.26. The van der Waals surface area contributed by atoms with E-state index < -0.39 is 0 Å². The quantitative estimate of drug-likeness (QED) is 0.141. The first-order valence-corrected chi connectivity index (χ1v) is 16.0. The molecule has 0 bridgehead atoms. The topological polar surface area (TPSA) is 135 Å². The molecule has 12 nitrogen and oxygen atoms in total. The monoisotopic (exact) mass is 649 g/mol. The van der Waals surface area contributed by atoms with Crippen LogP contribution in [0.15, 0.2) is 65.8 Å². The number of benzene rings is 3. The number of para-hydroxylation sites is 2. The lowest BCUT2D eigenvalue weighted by Crippen LogP contribution is -2.25. The van der Waals surface area contributed by atoms with Crippen LogP contribution in [-0.4, -0.2) is 65.9 Å². The predicted molar refractivity (Wildman–Crippen MR) is 176 cm³/mol. The SMILES string of the molecule is CCOc1ccc(NC(=O)CSc2nnc(CNC(=O)c3cc(OCC)c(OCC)c(OCC)c3)n2-c2ccccc2OC)cc1. The van der Waals surface area contributed by atoms with Crippen LogP contribution in [0.5, 0.6) is 28.7 Å². The Bertz CT molecular complexity index is 1580. The fourth-order valence-electron chi connectivity index (χ4n) is 4.47. The Hall–Kier alpha value is -4.91. The fraction of sp³-hybridized carbons (Fsp3) is 0.333. The smallest absolute Gasteiger partial charge is 0.251 e. The maximum atomic E-state index is 13.4. The molecule has 0 aliphatic rings. The number of thioether (sulfide) groups is 1. The van der Waals surface area contributed by atoms with Crippen LogP contribution in [0.3, 0.4) is 0 Å². The second-order valence-electron chi connectivity index (χ2n) is 9.48. The van der Waals surface area contributed by atoms with Gasteiger partial charge in [-0.15, -0.1) is 10.2 Å². The highest BCUT2D eigenvalue weighted by Gasteiger charge is 2.22. The van der Waals surface area contributed by atoms with Gasteiger partial charge < -0.3 is 34.3 Å². The van der Waals surface area contributed by atoms with Gasteiger partial charge in [-0.05, 0) is 76.2 Å². The summed E-state index contributed by atoms with van der Waals surface area (Å²) in [7, 11) is 1.57. The summed E-state index contributed by atoms with van der Waals surface area (Å²) < 4.78 is 30.1. The van der Waals surface area contributed by atoms with E-state index in [0.29, 0.717) is 77.3 Å². The van der Waals surface area contributed by atoms with Crippen molar-refractivity contribution in [3.8, 4) is 34.4 Å². The van der Waals surface area contributed by atoms with Gasteiger partial charge in [-0.2, -0.15) is 0 Å². The number of carbonyl (C=O) groups excluding carboxylic acids is 2. The van der Waals surface area contributed by atoms with Gasteiger partial charge in [-0.3, -0.25) is 14.2 Å². The Morgan fingerprint density at radius 1 is 0.804 bits per heavy atom. The molecule has 4 rings (SSSR count). The summed E-state index contributed by atoms with van der Waals surface area (Å²) in [4.78, 5) is 26.2. The number of anilines is 1. The van der Waals surface area contributed by atoms with E-state index in [4.69, 9.17) is 23.7 Å². The van der Waals surface area contributed by atoms with E-state index in [1.807, 2.05) is 52.0 Å².